The molecule has 3 rings (SSSR count). The zero-order valence-electron chi connectivity index (χ0n) is 16.1. The molecule has 1 aliphatic rings. The summed E-state index contributed by atoms with van der Waals surface area (Å²) in [6, 6.07) is 7.17. The van der Waals surface area contributed by atoms with Crippen LogP contribution in [-0.2, 0) is 17.7 Å². The van der Waals surface area contributed by atoms with Gasteiger partial charge in [-0.2, -0.15) is 0 Å². The van der Waals surface area contributed by atoms with Gasteiger partial charge in [-0.3, -0.25) is 0 Å². The van der Waals surface area contributed by atoms with E-state index in [1.165, 1.54) is 0 Å². The quantitative estimate of drug-likeness (QED) is 0.712. The SMILES string of the molecule is CC(C)(C)OC(=O)NCCc1cc2c(o1)CNCC2Oc1ccc(Cl)c(Cl)c1. The maximum Gasteiger partial charge on any atom is 0.407 e. The maximum atomic E-state index is 11.7. The highest BCUT2D eigenvalue weighted by Gasteiger charge is 2.26. The molecule has 0 saturated heterocycles. The molecule has 0 spiro atoms. The zero-order chi connectivity index (χ0) is 20.3. The van der Waals surface area contributed by atoms with Gasteiger partial charge in [-0.15, -0.1) is 0 Å². The van der Waals surface area contributed by atoms with E-state index in [1.54, 1.807) is 18.2 Å². The minimum atomic E-state index is -0.519. The van der Waals surface area contributed by atoms with E-state index in [2.05, 4.69) is 10.6 Å². The third-order valence-corrected chi connectivity index (χ3v) is 4.80. The first-order valence-electron chi connectivity index (χ1n) is 9.12. The van der Waals surface area contributed by atoms with Gasteiger partial charge in [0.05, 0.1) is 16.6 Å². The van der Waals surface area contributed by atoms with Crippen LogP contribution in [-0.4, -0.2) is 24.8 Å². The Hall–Kier alpha value is -1.89. The summed E-state index contributed by atoms with van der Waals surface area (Å²) in [4.78, 5) is 11.7. The van der Waals surface area contributed by atoms with Crippen LogP contribution in [0.1, 0.15) is 44.0 Å². The van der Waals surface area contributed by atoms with Crippen LogP contribution in [0.2, 0.25) is 10.0 Å². The summed E-state index contributed by atoms with van der Waals surface area (Å²) in [6.07, 6.45) is -0.0743. The number of hydrogen-bond acceptors (Lipinski definition) is 5. The van der Waals surface area contributed by atoms with E-state index in [-0.39, 0.29) is 6.10 Å². The topological polar surface area (TPSA) is 72.7 Å². The highest BCUT2D eigenvalue weighted by atomic mass is 35.5. The molecule has 0 bridgehead atoms. The molecule has 1 atom stereocenters. The van der Waals surface area contributed by atoms with Gasteiger partial charge < -0.3 is 24.5 Å². The minimum absolute atomic E-state index is 0.197. The molecule has 8 heteroatoms. The van der Waals surface area contributed by atoms with E-state index in [4.69, 9.17) is 37.1 Å². The van der Waals surface area contributed by atoms with Gasteiger partial charge in [0.2, 0.25) is 0 Å². The summed E-state index contributed by atoms with van der Waals surface area (Å²) in [6.45, 7) is 7.20. The van der Waals surface area contributed by atoms with E-state index in [1.807, 2.05) is 26.8 Å². The highest BCUT2D eigenvalue weighted by molar-refractivity contribution is 6.42. The van der Waals surface area contributed by atoms with E-state index >= 15 is 0 Å². The van der Waals surface area contributed by atoms with E-state index in [9.17, 15) is 4.79 Å². The standard InChI is InChI=1S/C20H24Cl2N2O4/c1-20(2,3)28-19(25)24-7-6-13-8-14-17(10-23-11-18(14)27-13)26-12-4-5-15(21)16(22)9-12/h4-5,8-9,17,23H,6-7,10-11H2,1-3H3,(H,24,25). The number of amides is 1. The Morgan fingerprint density at radius 2 is 2.07 bits per heavy atom. The fourth-order valence-electron chi connectivity index (χ4n) is 2.88. The van der Waals surface area contributed by atoms with Gasteiger partial charge >= 0.3 is 6.09 Å². The first-order chi connectivity index (χ1) is 13.2. The largest absolute Gasteiger partial charge is 0.484 e. The lowest BCUT2D eigenvalue weighted by atomic mass is 10.1. The van der Waals surface area contributed by atoms with E-state index < -0.39 is 11.7 Å². The van der Waals surface area contributed by atoms with Crippen molar-refractivity contribution >= 4 is 29.3 Å². The van der Waals surface area contributed by atoms with Gasteiger partial charge in [0, 0.05) is 31.1 Å². The first-order valence-corrected chi connectivity index (χ1v) is 9.87. The number of halogens is 2. The van der Waals surface area contributed by atoms with Gasteiger partial charge in [-0.1, -0.05) is 23.2 Å². The molecule has 1 aromatic heterocycles. The second kappa shape index (κ2) is 8.64. The zero-order valence-corrected chi connectivity index (χ0v) is 17.6. The first kappa shape index (κ1) is 20.8. The second-order valence-corrected chi connectivity index (χ2v) is 8.40. The van der Waals surface area contributed by atoms with Crippen molar-refractivity contribution < 1.29 is 18.7 Å². The Morgan fingerprint density at radius 1 is 1.29 bits per heavy atom. The predicted molar refractivity (Wildman–Crippen MR) is 108 cm³/mol. The van der Waals surface area contributed by atoms with Crippen LogP contribution in [0.15, 0.2) is 28.7 Å². The van der Waals surface area contributed by atoms with Crippen molar-refractivity contribution in [3.05, 3.63) is 51.4 Å². The average Bonchev–Trinajstić information content (AvgIpc) is 3.00. The molecule has 1 aromatic carbocycles. The second-order valence-electron chi connectivity index (χ2n) is 7.58. The molecule has 2 aromatic rings. The number of ether oxygens (including phenoxy) is 2. The van der Waals surface area contributed by atoms with Crippen molar-refractivity contribution in [3.8, 4) is 5.75 Å². The van der Waals surface area contributed by atoms with Crippen LogP contribution in [0.5, 0.6) is 5.75 Å². The molecule has 1 aliphatic heterocycles. The number of carbonyl (C=O) groups excluding carboxylic acids is 1. The van der Waals surface area contributed by atoms with Gasteiger partial charge in [-0.05, 0) is 39.0 Å². The Bertz CT molecular complexity index is 845. The fourth-order valence-corrected chi connectivity index (χ4v) is 3.17. The molecule has 1 unspecified atom stereocenters. The molecule has 0 fully saturated rings. The number of nitrogens with one attached hydrogen (secondary N) is 2. The molecule has 152 valence electrons. The predicted octanol–water partition coefficient (Wildman–Crippen LogP) is 4.88. The Labute approximate surface area is 174 Å². The fraction of sp³-hybridized carbons (Fsp3) is 0.450. The highest BCUT2D eigenvalue weighted by Crippen LogP contribution is 2.32. The third-order valence-electron chi connectivity index (χ3n) is 4.06. The molecule has 6 nitrogen and oxygen atoms in total. The lowest BCUT2D eigenvalue weighted by Crippen LogP contribution is -2.33. The van der Waals surface area contributed by atoms with Gasteiger partial charge in [0.25, 0.3) is 0 Å². The molecular formula is C20H24Cl2N2O4. The lowest BCUT2D eigenvalue weighted by molar-refractivity contribution is 0.0528. The van der Waals surface area contributed by atoms with Crippen LogP contribution in [0, 0.1) is 0 Å². The van der Waals surface area contributed by atoms with Crippen molar-refractivity contribution in [1.82, 2.24) is 10.6 Å². The van der Waals surface area contributed by atoms with Crippen molar-refractivity contribution in [2.45, 2.75) is 45.4 Å². The molecule has 0 saturated carbocycles. The van der Waals surface area contributed by atoms with Crippen LogP contribution < -0.4 is 15.4 Å². The number of benzene rings is 1. The summed E-state index contributed by atoms with van der Waals surface area (Å²) in [5.41, 5.74) is 0.478. The molecule has 0 radical (unpaired) electrons. The maximum absolute atomic E-state index is 11.7. The molecule has 0 aliphatic carbocycles. The molecule has 28 heavy (non-hydrogen) atoms. The molecule has 1 amide bonds. The summed E-state index contributed by atoms with van der Waals surface area (Å²) in [7, 11) is 0. The van der Waals surface area contributed by atoms with Gasteiger partial charge in [-0.25, -0.2) is 4.79 Å². The summed E-state index contributed by atoms with van der Waals surface area (Å²) in [5, 5.41) is 6.95. The smallest absolute Gasteiger partial charge is 0.407 e. The molecule has 2 N–H and O–H groups in total. The van der Waals surface area contributed by atoms with Crippen molar-refractivity contribution in [2.75, 3.05) is 13.1 Å². The van der Waals surface area contributed by atoms with Crippen molar-refractivity contribution in [1.29, 1.82) is 0 Å². The monoisotopic (exact) mass is 426 g/mol. The lowest BCUT2D eigenvalue weighted by Gasteiger charge is -2.23. The van der Waals surface area contributed by atoms with Crippen LogP contribution in [0.3, 0.4) is 0 Å². The average molecular weight is 427 g/mol. The van der Waals surface area contributed by atoms with Gasteiger partial charge in [0.1, 0.15) is 29.0 Å². The van der Waals surface area contributed by atoms with E-state index in [0.29, 0.717) is 41.8 Å². The number of carbonyl (C=O) groups is 1. The summed E-state index contributed by atoms with van der Waals surface area (Å²) >= 11 is 12.0. The number of alkyl carbamates (subject to hydrolysis) is 1. The third kappa shape index (κ3) is 5.56. The Morgan fingerprint density at radius 3 is 2.79 bits per heavy atom. The number of furan rings is 1. The van der Waals surface area contributed by atoms with Crippen LogP contribution >= 0.6 is 23.2 Å². The van der Waals surface area contributed by atoms with Crippen LogP contribution in [0.25, 0.3) is 0 Å². The molecule has 2 heterocycles. The molecular weight excluding hydrogens is 403 g/mol. The Balaban J connectivity index is 1.61. The summed E-state index contributed by atoms with van der Waals surface area (Å²) < 4.78 is 17.2. The van der Waals surface area contributed by atoms with Crippen molar-refractivity contribution in [2.24, 2.45) is 0 Å². The Kier molecular flexibility index (Phi) is 6.43. The number of rotatable bonds is 5. The normalized spacial score (nSPS) is 16.4. The van der Waals surface area contributed by atoms with Gasteiger partial charge in [0.15, 0.2) is 0 Å². The number of fused-ring (bicyclic) bond motifs is 1. The van der Waals surface area contributed by atoms with Crippen LogP contribution in [0.4, 0.5) is 4.79 Å². The summed E-state index contributed by atoms with van der Waals surface area (Å²) in [5.74, 6) is 2.26. The minimum Gasteiger partial charge on any atom is -0.484 e. The van der Waals surface area contributed by atoms with Crippen molar-refractivity contribution in [3.63, 3.8) is 0 Å². The number of hydrogen-bond donors (Lipinski definition) is 2. The van der Waals surface area contributed by atoms with E-state index in [0.717, 1.165) is 17.1 Å².